The van der Waals surface area contributed by atoms with E-state index in [-0.39, 0.29) is 12.1 Å². The van der Waals surface area contributed by atoms with E-state index in [2.05, 4.69) is 0 Å². The quantitative estimate of drug-likeness (QED) is 0.775. The van der Waals surface area contributed by atoms with E-state index < -0.39 is 11.4 Å². The fraction of sp³-hybridized carbons (Fsp3) is 0.818. The van der Waals surface area contributed by atoms with Crippen LogP contribution in [0.15, 0.2) is 0 Å². The molecule has 16 heavy (non-hydrogen) atoms. The summed E-state index contributed by atoms with van der Waals surface area (Å²) in [6.07, 6.45) is 2.69. The van der Waals surface area contributed by atoms with Gasteiger partial charge in [0, 0.05) is 6.54 Å². The highest BCUT2D eigenvalue weighted by atomic mass is 16.6. The zero-order valence-electron chi connectivity index (χ0n) is 9.44. The molecule has 0 spiro atoms. The van der Waals surface area contributed by atoms with Gasteiger partial charge in [0.25, 0.3) is 0 Å². The fourth-order valence-corrected chi connectivity index (χ4v) is 2.75. The Morgan fingerprint density at radius 2 is 2.31 bits per heavy atom. The van der Waals surface area contributed by atoms with E-state index in [1.165, 1.54) is 0 Å². The number of cyclic esters (lactones) is 1. The molecular weight excluding hydrogens is 210 g/mol. The third-order valence-electron chi connectivity index (χ3n) is 3.78. The minimum absolute atomic E-state index is 0.210. The molecule has 2 aliphatic rings. The number of carbonyl (C=O) groups is 2. The molecule has 0 aromatic carbocycles. The Labute approximate surface area is 94.4 Å². The van der Waals surface area contributed by atoms with Gasteiger partial charge in [0.1, 0.15) is 0 Å². The number of ether oxygens (including phenoxy) is 1. The van der Waals surface area contributed by atoms with Crippen LogP contribution in [0.4, 0.5) is 4.79 Å². The second-order valence-corrected chi connectivity index (χ2v) is 4.79. The zero-order chi connectivity index (χ0) is 11.8. The Balaban J connectivity index is 2.19. The van der Waals surface area contributed by atoms with Gasteiger partial charge in [-0.05, 0) is 26.2 Å². The third-order valence-corrected chi connectivity index (χ3v) is 3.78. The molecule has 2 atom stereocenters. The molecule has 2 rings (SSSR count). The number of nitrogens with zero attached hydrogens (tertiary/aromatic N) is 1. The molecule has 1 aliphatic carbocycles. The Morgan fingerprint density at radius 1 is 1.56 bits per heavy atom. The highest BCUT2D eigenvalue weighted by Gasteiger charge is 2.49. The molecule has 0 bridgehead atoms. The summed E-state index contributed by atoms with van der Waals surface area (Å²) in [6.45, 7) is 2.80. The molecular formula is C11H17NO4. The first-order chi connectivity index (χ1) is 7.55. The first-order valence-electron chi connectivity index (χ1n) is 5.72. The van der Waals surface area contributed by atoms with E-state index in [1.807, 2.05) is 0 Å². The minimum atomic E-state index is -0.812. The maximum Gasteiger partial charge on any atom is 0.410 e. The van der Waals surface area contributed by atoms with Crippen LogP contribution in [-0.4, -0.2) is 41.3 Å². The monoisotopic (exact) mass is 227 g/mol. The summed E-state index contributed by atoms with van der Waals surface area (Å²) in [4.78, 5) is 24.5. The maximum atomic E-state index is 11.6. The van der Waals surface area contributed by atoms with Crippen molar-refractivity contribution in [1.29, 1.82) is 0 Å². The van der Waals surface area contributed by atoms with Gasteiger partial charge in [-0.3, -0.25) is 4.79 Å². The van der Waals surface area contributed by atoms with E-state index in [1.54, 1.807) is 11.8 Å². The average molecular weight is 227 g/mol. The average Bonchev–Trinajstić information content (AvgIpc) is 2.63. The first-order valence-corrected chi connectivity index (χ1v) is 5.72. The number of hydrogen-bond acceptors (Lipinski definition) is 3. The van der Waals surface area contributed by atoms with Gasteiger partial charge < -0.3 is 14.7 Å². The van der Waals surface area contributed by atoms with Crippen LogP contribution >= 0.6 is 0 Å². The molecule has 1 saturated carbocycles. The van der Waals surface area contributed by atoms with Crippen molar-refractivity contribution in [1.82, 2.24) is 4.90 Å². The lowest BCUT2D eigenvalue weighted by molar-refractivity contribution is -0.150. The predicted octanol–water partition coefficient (Wildman–Crippen LogP) is 1.47. The topological polar surface area (TPSA) is 66.8 Å². The SMILES string of the molecule is CC1(C(=O)O)CCCC1N1CCCOC1=O. The van der Waals surface area contributed by atoms with Gasteiger partial charge in [0.15, 0.2) is 0 Å². The summed E-state index contributed by atoms with van der Waals surface area (Å²) in [7, 11) is 0. The number of hydrogen-bond donors (Lipinski definition) is 1. The number of carbonyl (C=O) groups excluding carboxylic acids is 1. The number of carboxylic acids is 1. The van der Waals surface area contributed by atoms with Crippen molar-refractivity contribution in [2.24, 2.45) is 5.41 Å². The van der Waals surface area contributed by atoms with Crippen LogP contribution in [-0.2, 0) is 9.53 Å². The first kappa shape index (κ1) is 11.2. The fourth-order valence-electron chi connectivity index (χ4n) is 2.75. The van der Waals surface area contributed by atoms with Crippen LogP contribution in [0.25, 0.3) is 0 Å². The summed E-state index contributed by atoms with van der Waals surface area (Å²) in [5.41, 5.74) is -0.809. The number of amides is 1. The molecule has 1 aliphatic heterocycles. The highest BCUT2D eigenvalue weighted by Crippen LogP contribution is 2.42. The van der Waals surface area contributed by atoms with Crippen LogP contribution in [0.2, 0.25) is 0 Å². The number of carboxylic acid groups (broad SMARTS) is 1. The lowest BCUT2D eigenvalue weighted by atomic mass is 9.84. The summed E-state index contributed by atoms with van der Waals surface area (Å²) < 4.78 is 4.97. The lowest BCUT2D eigenvalue weighted by Crippen LogP contribution is -2.52. The van der Waals surface area contributed by atoms with Crippen LogP contribution in [0.5, 0.6) is 0 Å². The van der Waals surface area contributed by atoms with Crippen LogP contribution in [0.3, 0.4) is 0 Å². The normalized spacial score (nSPS) is 34.9. The highest BCUT2D eigenvalue weighted by molar-refractivity contribution is 5.77. The van der Waals surface area contributed by atoms with Gasteiger partial charge in [-0.15, -0.1) is 0 Å². The molecule has 2 fully saturated rings. The number of aliphatic carboxylic acids is 1. The summed E-state index contributed by atoms with van der Waals surface area (Å²) in [6, 6.07) is -0.210. The van der Waals surface area contributed by atoms with Gasteiger partial charge >= 0.3 is 12.1 Å². The summed E-state index contributed by atoms with van der Waals surface area (Å²) in [5, 5.41) is 9.28. The van der Waals surface area contributed by atoms with Crippen molar-refractivity contribution in [3.05, 3.63) is 0 Å². The molecule has 0 aromatic heterocycles. The zero-order valence-corrected chi connectivity index (χ0v) is 9.44. The Morgan fingerprint density at radius 3 is 2.94 bits per heavy atom. The van der Waals surface area contributed by atoms with Crippen molar-refractivity contribution < 1.29 is 19.4 Å². The standard InChI is InChI=1S/C11H17NO4/c1-11(9(13)14)5-2-4-8(11)12-6-3-7-16-10(12)15/h8H,2-7H2,1H3,(H,13,14). The third kappa shape index (κ3) is 1.64. The molecule has 0 radical (unpaired) electrons. The Kier molecular flexibility index (Phi) is 2.78. The van der Waals surface area contributed by atoms with Crippen molar-refractivity contribution >= 4 is 12.1 Å². The maximum absolute atomic E-state index is 11.6. The second-order valence-electron chi connectivity index (χ2n) is 4.79. The number of rotatable bonds is 2. The molecule has 5 heteroatoms. The van der Waals surface area contributed by atoms with Crippen molar-refractivity contribution in [2.45, 2.75) is 38.6 Å². The van der Waals surface area contributed by atoms with E-state index in [0.717, 1.165) is 19.3 Å². The molecule has 1 amide bonds. The van der Waals surface area contributed by atoms with Gasteiger partial charge in [-0.25, -0.2) is 4.79 Å². The summed E-state index contributed by atoms with van der Waals surface area (Å²) >= 11 is 0. The minimum Gasteiger partial charge on any atom is -0.481 e. The smallest absolute Gasteiger partial charge is 0.410 e. The van der Waals surface area contributed by atoms with Crippen molar-refractivity contribution in [3.63, 3.8) is 0 Å². The van der Waals surface area contributed by atoms with Crippen molar-refractivity contribution in [3.8, 4) is 0 Å². The van der Waals surface area contributed by atoms with Crippen LogP contribution in [0.1, 0.15) is 32.6 Å². The predicted molar refractivity (Wildman–Crippen MR) is 56.1 cm³/mol. The van der Waals surface area contributed by atoms with Crippen LogP contribution < -0.4 is 0 Å². The summed E-state index contributed by atoms with van der Waals surface area (Å²) in [5.74, 6) is -0.812. The largest absolute Gasteiger partial charge is 0.481 e. The molecule has 2 unspecified atom stereocenters. The van der Waals surface area contributed by atoms with Gasteiger partial charge in [-0.1, -0.05) is 6.42 Å². The van der Waals surface area contributed by atoms with Gasteiger partial charge in [0.2, 0.25) is 0 Å². The second kappa shape index (κ2) is 3.96. The molecule has 1 N–H and O–H groups in total. The molecule has 0 aromatic rings. The van der Waals surface area contributed by atoms with E-state index >= 15 is 0 Å². The molecule has 90 valence electrons. The van der Waals surface area contributed by atoms with Crippen molar-refractivity contribution in [2.75, 3.05) is 13.2 Å². The van der Waals surface area contributed by atoms with E-state index in [4.69, 9.17) is 4.74 Å². The molecule has 1 heterocycles. The molecule has 1 saturated heterocycles. The van der Waals surface area contributed by atoms with E-state index in [0.29, 0.717) is 19.6 Å². The Hall–Kier alpha value is -1.26. The van der Waals surface area contributed by atoms with Gasteiger partial charge in [-0.2, -0.15) is 0 Å². The lowest BCUT2D eigenvalue weighted by Gasteiger charge is -2.38. The molecule has 5 nitrogen and oxygen atoms in total. The van der Waals surface area contributed by atoms with Gasteiger partial charge in [0.05, 0.1) is 18.1 Å². The van der Waals surface area contributed by atoms with E-state index in [9.17, 15) is 14.7 Å². The Bertz CT molecular complexity index is 317. The van der Waals surface area contributed by atoms with Crippen LogP contribution in [0, 0.1) is 5.41 Å².